The second-order valence-electron chi connectivity index (χ2n) is 4.22. The molecule has 1 fully saturated rings. The van der Waals surface area contributed by atoms with Crippen molar-refractivity contribution in [3.63, 3.8) is 0 Å². The predicted octanol–water partition coefficient (Wildman–Crippen LogP) is 2.74. The molecular formula is C11H16O2. The minimum atomic E-state index is -0.585. The van der Waals surface area contributed by atoms with Gasteiger partial charge in [-0.3, -0.25) is 4.79 Å². The maximum atomic E-state index is 11.3. The van der Waals surface area contributed by atoms with Crippen molar-refractivity contribution in [1.82, 2.24) is 0 Å². The van der Waals surface area contributed by atoms with Crippen molar-refractivity contribution in [2.75, 3.05) is 0 Å². The SMILES string of the molecule is O=C(O)C12CCCC=C1CCCC2. The van der Waals surface area contributed by atoms with Crippen LogP contribution in [0.25, 0.3) is 0 Å². The monoisotopic (exact) mass is 180 g/mol. The van der Waals surface area contributed by atoms with Gasteiger partial charge in [-0.05, 0) is 38.5 Å². The van der Waals surface area contributed by atoms with Gasteiger partial charge in [0.25, 0.3) is 0 Å². The number of hydrogen-bond acceptors (Lipinski definition) is 1. The van der Waals surface area contributed by atoms with Crippen molar-refractivity contribution in [3.05, 3.63) is 11.6 Å². The molecule has 0 spiro atoms. The highest BCUT2D eigenvalue weighted by Gasteiger charge is 2.43. The number of carboxylic acids is 1. The molecule has 1 saturated carbocycles. The van der Waals surface area contributed by atoms with Crippen LogP contribution in [0.5, 0.6) is 0 Å². The Labute approximate surface area is 78.6 Å². The smallest absolute Gasteiger partial charge is 0.313 e. The number of hydrogen-bond donors (Lipinski definition) is 1. The summed E-state index contributed by atoms with van der Waals surface area (Å²) in [7, 11) is 0. The van der Waals surface area contributed by atoms with Gasteiger partial charge in [0.1, 0.15) is 0 Å². The highest BCUT2D eigenvalue weighted by Crippen LogP contribution is 2.47. The lowest BCUT2D eigenvalue weighted by Gasteiger charge is -2.38. The normalized spacial score (nSPS) is 33.4. The molecule has 72 valence electrons. The van der Waals surface area contributed by atoms with Gasteiger partial charge in [0.2, 0.25) is 0 Å². The fraction of sp³-hybridized carbons (Fsp3) is 0.727. The maximum Gasteiger partial charge on any atom is 0.313 e. The van der Waals surface area contributed by atoms with Gasteiger partial charge in [-0.2, -0.15) is 0 Å². The number of rotatable bonds is 1. The zero-order valence-corrected chi connectivity index (χ0v) is 7.88. The fourth-order valence-corrected chi connectivity index (χ4v) is 2.76. The molecule has 0 aromatic carbocycles. The van der Waals surface area contributed by atoms with Crippen molar-refractivity contribution >= 4 is 5.97 Å². The van der Waals surface area contributed by atoms with Gasteiger partial charge in [0.15, 0.2) is 0 Å². The fourth-order valence-electron chi connectivity index (χ4n) is 2.76. The number of carbonyl (C=O) groups is 1. The predicted molar refractivity (Wildman–Crippen MR) is 50.5 cm³/mol. The minimum absolute atomic E-state index is 0.448. The van der Waals surface area contributed by atoms with Gasteiger partial charge in [0.05, 0.1) is 5.41 Å². The molecule has 0 aromatic heterocycles. The summed E-state index contributed by atoms with van der Waals surface area (Å²) < 4.78 is 0. The minimum Gasteiger partial charge on any atom is -0.481 e. The lowest BCUT2D eigenvalue weighted by atomic mass is 9.65. The quantitative estimate of drug-likeness (QED) is 0.630. The topological polar surface area (TPSA) is 37.3 Å². The summed E-state index contributed by atoms with van der Waals surface area (Å²) in [4.78, 5) is 11.3. The van der Waals surface area contributed by atoms with E-state index in [0.717, 1.165) is 38.5 Å². The summed E-state index contributed by atoms with van der Waals surface area (Å²) in [6, 6.07) is 0. The van der Waals surface area contributed by atoms with Crippen LogP contribution < -0.4 is 0 Å². The summed E-state index contributed by atoms with van der Waals surface area (Å²) in [6.07, 6.45) is 9.34. The van der Waals surface area contributed by atoms with E-state index in [2.05, 4.69) is 6.08 Å². The number of aliphatic carboxylic acids is 1. The Bertz CT molecular complexity index is 255. The van der Waals surface area contributed by atoms with Crippen LogP contribution in [0, 0.1) is 5.41 Å². The largest absolute Gasteiger partial charge is 0.481 e. The Morgan fingerprint density at radius 2 is 2.08 bits per heavy atom. The molecule has 0 amide bonds. The van der Waals surface area contributed by atoms with E-state index in [4.69, 9.17) is 0 Å². The molecule has 1 unspecified atom stereocenters. The molecule has 2 nitrogen and oxygen atoms in total. The molecule has 1 N–H and O–H groups in total. The Morgan fingerprint density at radius 3 is 2.77 bits per heavy atom. The van der Waals surface area contributed by atoms with Gasteiger partial charge in [-0.15, -0.1) is 0 Å². The Kier molecular flexibility index (Phi) is 2.14. The average molecular weight is 180 g/mol. The zero-order valence-electron chi connectivity index (χ0n) is 7.88. The molecule has 0 aromatic rings. The highest BCUT2D eigenvalue weighted by atomic mass is 16.4. The van der Waals surface area contributed by atoms with E-state index in [1.807, 2.05) is 0 Å². The van der Waals surface area contributed by atoms with Crippen LogP contribution in [0.1, 0.15) is 44.9 Å². The summed E-state index contributed by atoms with van der Waals surface area (Å²) in [5.41, 5.74) is 0.772. The molecule has 0 radical (unpaired) electrons. The van der Waals surface area contributed by atoms with E-state index in [9.17, 15) is 9.90 Å². The van der Waals surface area contributed by atoms with Crippen LogP contribution in [-0.4, -0.2) is 11.1 Å². The van der Waals surface area contributed by atoms with Gasteiger partial charge in [-0.25, -0.2) is 0 Å². The molecule has 2 aliphatic carbocycles. The number of carboxylic acid groups (broad SMARTS) is 1. The lowest BCUT2D eigenvalue weighted by Crippen LogP contribution is -2.37. The van der Waals surface area contributed by atoms with Crippen molar-refractivity contribution in [1.29, 1.82) is 0 Å². The molecular weight excluding hydrogens is 164 g/mol. The van der Waals surface area contributed by atoms with Gasteiger partial charge in [0, 0.05) is 0 Å². The van der Waals surface area contributed by atoms with Crippen molar-refractivity contribution in [2.24, 2.45) is 5.41 Å². The molecule has 1 atom stereocenters. The molecule has 2 heteroatoms. The first-order valence-corrected chi connectivity index (χ1v) is 5.19. The van der Waals surface area contributed by atoms with Gasteiger partial charge in [-0.1, -0.05) is 18.1 Å². The van der Waals surface area contributed by atoms with Crippen LogP contribution in [0.4, 0.5) is 0 Å². The van der Waals surface area contributed by atoms with Crippen LogP contribution in [0.2, 0.25) is 0 Å². The summed E-state index contributed by atoms with van der Waals surface area (Å²) in [5.74, 6) is -0.585. The Hall–Kier alpha value is -0.790. The number of fused-ring (bicyclic) bond motifs is 1. The van der Waals surface area contributed by atoms with Crippen molar-refractivity contribution in [3.8, 4) is 0 Å². The third-order valence-corrected chi connectivity index (χ3v) is 3.52. The Morgan fingerprint density at radius 1 is 1.31 bits per heavy atom. The van der Waals surface area contributed by atoms with Crippen molar-refractivity contribution < 1.29 is 9.90 Å². The Balaban J connectivity index is 2.33. The third kappa shape index (κ3) is 1.28. The zero-order chi connectivity index (χ0) is 9.31. The third-order valence-electron chi connectivity index (χ3n) is 3.52. The first-order chi connectivity index (χ1) is 6.26. The second kappa shape index (κ2) is 3.17. The van der Waals surface area contributed by atoms with Gasteiger partial charge >= 0.3 is 5.97 Å². The molecule has 0 aliphatic heterocycles. The second-order valence-corrected chi connectivity index (χ2v) is 4.22. The van der Waals surface area contributed by atoms with Crippen LogP contribution in [0.15, 0.2) is 11.6 Å². The van der Waals surface area contributed by atoms with E-state index < -0.39 is 11.4 Å². The van der Waals surface area contributed by atoms with Crippen LogP contribution >= 0.6 is 0 Å². The molecule has 0 bridgehead atoms. The van der Waals surface area contributed by atoms with Crippen LogP contribution in [0.3, 0.4) is 0 Å². The first-order valence-electron chi connectivity index (χ1n) is 5.19. The van der Waals surface area contributed by atoms with E-state index >= 15 is 0 Å². The molecule has 13 heavy (non-hydrogen) atoms. The molecule has 2 aliphatic rings. The summed E-state index contributed by atoms with van der Waals surface area (Å²) in [6.45, 7) is 0. The van der Waals surface area contributed by atoms with Gasteiger partial charge < -0.3 is 5.11 Å². The number of allylic oxidation sites excluding steroid dienone is 1. The van der Waals surface area contributed by atoms with E-state index in [0.29, 0.717) is 0 Å². The highest BCUT2D eigenvalue weighted by molar-refractivity contribution is 5.79. The molecule has 0 heterocycles. The van der Waals surface area contributed by atoms with Crippen molar-refractivity contribution in [2.45, 2.75) is 44.9 Å². The first kappa shape index (κ1) is 8.79. The lowest BCUT2D eigenvalue weighted by molar-refractivity contribution is -0.148. The summed E-state index contributed by atoms with van der Waals surface area (Å²) in [5, 5.41) is 9.28. The van der Waals surface area contributed by atoms with E-state index in [1.165, 1.54) is 12.0 Å². The van der Waals surface area contributed by atoms with E-state index in [1.54, 1.807) is 0 Å². The van der Waals surface area contributed by atoms with Crippen LogP contribution in [-0.2, 0) is 4.79 Å². The maximum absolute atomic E-state index is 11.3. The average Bonchev–Trinajstić information content (AvgIpc) is 2.17. The summed E-state index contributed by atoms with van der Waals surface area (Å²) >= 11 is 0. The standard InChI is InChI=1S/C11H16O2/c12-10(13)11-7-3-1-5-9(11)6-2-4-8-11/h5H,1-4,6-8H2,(H,12,13). The molecule has 2 rings (SSSR count). The van der Waals surface area contributed by atoms with E-state index in [-0.39, 0.29) is 0 Å². The molecule has 0 saturated heterocycles.